The molecule has 10 nitrogen and oxygen atoms in total. The number of fused-ring (bicyclic) bond motifs is 1. The summed E-state index contributed by atoms with van der Waals surface area (Å²) in [6.45, 7) is 3.49. The Labute approximate surface area is 189 Å². The van der Waals surface area contributed by atoms with Gasteiger partial charge in [0.15, 0.2) is 17.6 Å². The third-order valence-corrected chi connectivity index (χ3v) is 4.73. The molecule has 0 spiro atoms. The molecule has 3 rings (SSSR count). The van der Waals surface area contributed by atoms with E-state index in [1.165, 1.54) is 20.1 Å². The number of hydrogen-bond donors (Lipinski definition) is 2. The van der Waals surface area contributed by atoms with Gasteiger partial charge in [0.05, 0.1) is 24.7 Å². The number of rotatable bonds is 8. The monoisotopic (exact) mass is 453 g/mol. The van der Waals surface area contributed by atoms with Gasteiger partial charge in [-0.25, -0.2) is 0 Å². The van der Waals surface area contributed by atoms with Crippen LogP contribution in [0.4, 0.5) is 5.69 Å². The van der Waals surface area contributed by atoms with Gasteiger partial charge in [-0.1, -0.05) is 30.3 Å². The zero-order chi connectivity index (χ0) is 24.0. The third kappa shape index (κ3) is 5.48. The maximum Gasteiger partial charge on any atom is 0.286 e. The molecule has 0 heterocycles. The SMILES string of the molecule is CCOc1cc(C(=O)NNC(=O)C(C)Oc2ccc3ccccc3c2)c([N+](=O)[O-])cc1OC. The fraction of sp³-hybridized carbons (Fsp3) is 0.217. The third-order valence-electron chi connectivity index (χ3n) is 4.73. The Balaban J connectivity index is 1.69. The van der Waals surface area contributed by atoms with E-state index in [-0.39, 0.29) is 23.7 Å². The van der Waals surface area contributed by atoms with Crippen LogP contribution in [0.5, 0.6) is 17.2 Å². The van der Waals surface area contributed by atoms with Gasteiger partial charge in [-0.2, -0.15) is 0 Å². The average molecular weight is 453 g/mol. The predicted octanol–water partition coefficient (Wildman–Crippen LogP) is 3.38. The number of carbonyl (C=O) groups excluding carboxylic acids is 2. The largest absolute Gasteiger partial charge is 0.493 e. The second kappa shape index (κ2) is 10.3. The lowest BCUT2D eigenvalue weighted by Gasteiger charge is -2.16. The number of carbonyl (C=O) groups is 2. The van der Waals surface area contributed by atoms with E-state index >= 15 is 0 Å². The van der Waals surface area contributed by atoms with Crippen LogP contribution in [0.3, 0.4) is 0 Å². The van der Waals surface area contributed by atoms with Crippen molar-refractivity contribution in [1.82, 2.24) is 10.9 Å². The minimum absolute atomic E-state index is 0.113. The highest BCUT2D eigenvalue weighted by atomic mass is 16.6. The molecule has 2 N–H and O–H groups in total. The highest BCUT2D eigenvalue weighted by Crippen LogP contribution is 2.34. The van der Waals surface area contributed by atoms with Crippen LogP contribution in [0.15, 0.2) is 54.6 Å². The summed E-state index contributed by atoms with van der Waals surface area (Å²) in [5.74, 6) is -0.777. The van der Waals surface area contributed by atoms with Gasteiger partial charge in [-0.15, -0.1) is 0 Å². The Morgan fingerprint density at radius 2 is 1.76 bits per heavy atom. The van der Waals surface area contributed by atoms with Gasteiger partial charge in [-0.05, 0) is 36.8 Å². The number of methoxy groups -OCH3 is 1. The van der Waals surface area contributed by atoms with Crippen LogP contribution in [0.25, 0.3) is 10.8 Å². The molecule has 0 bridgehead atoms. The fourth-order valence-corrected chi connectivity index (χ4v) is 3.10. The van der Waals surface area contributed by atoms with E-state index in [1.807, 2.05) is 30.3 Å². The molecule has 3 aromatic rings. The number of nitrogens with one attached hydrogen (secondary N) is 2. The highest BCUT2D eigenvalue weighted by molar-refractivity contribution is 6.00. The van der Waals surface area contributed by atoms with E-state index in [1.54, 1.807) is 19.1 Å². The Morgan fingerprint density at radius 1 is 1.03 bits per heavy atom. The lowest BCUT2D eigenvalue weighted by Crippen LogP contribution is -2.47. The molecule has 1 unspecified atom stereocenters. The van der Waals surface area contributed by atoms with Gasteiger partial charge in [0.2, 0.25) is 0 Å². The maximum atomic E-state index is 12.6. The zero-order valence-electron chi connectivity index (χ0n) is 18.3. The van der Waals surface area contributed by atoms with E-state index in [2.05, 4.69) is 10.9 Å². The minimum atomic E-state index is -0.948. The van der Waals surface area contributed by atoms with Gasteiger partial charge in [0.25, 0.3) is 17.5 Å². The van der Waals surface area contributed by atoms with Crippen LogP contribution in [-0.4, -0.2) is 36.6 Å². The molecule has 33 heavy (non-hydrogen) atoms. The summed E-state index contributed by atoms with van der Waals surface area (Å²) in [6, 6.07) is 15.4. The molecular formula is C23H23N3O7. The molecule has 0 radical (unpaired) electrons. The summed E-state index contributed by atoms with van der Waals surface area (Å²) >= 11 is 0. The molecule has 0 aliphatic rings. The lowest BCUT2D eigenvalue weighted by atomic mass is 10.1. The van der Waals surface area contributed by atoms with Crippen LogP contribution < -0.4 is 25.1 Å². The molecule has 0 fully saturated rings. The smallest absolute Gasteiger partial charge is 0.286 e. The topological polar surface area (TPSA) is 129 Å². The first-order chi connectivity index (χ1) is 15.8. The van der Waals surface area contributed by atoms with Crippen molar-refractivity contribution in [2.45, 2.75) is 20.0 Å². The molecule has 172 valence electrons. The van der Waals surface area contributed by atoms with E-state index in [0.717, 1.165) is 16.8 Å². The summed E-state index contributed by atoms with van der Waals surface area (Å²) in [5.41, 5.74) is 3.61. The standard InChI is InChI=1S/C23H23N3O7/c1-4-32-21-12-18(19(26(29)30)13-20(21)31-3)23(28)25-24-22(27)14(2)33-17-10-9-15-7-5-6-8-16(15)11-17/h5-14H,4H2,1-3H3,(H,24,27)(H,25,28). The first-order valence-corrected chi connectivity index (χ1v) is 10.1. The number of hydrazine groups is 1. The van der Waals surface area contributed by atoms with Crippen molar-refractivity contribution in [3.63, 3.8) is 0 Å². The van der Waals surface area contributed by atoms with Crippen molar-refractivity contribution in [2.75, 3.05) is 13.7 Å². The summed E-state index contributed by atoms with van der Waals surface area (Å²) in [6.07, 6.45) is -0.948. The zero-order valence-corrected chi connectivity index (χ0v) is 18.3. The number of hydrogen-bond acceptors (Lipinski definition) is 7. The van der Waals surface area contributed by atoms with Gasteiger partial charge < -0.3 is 14.2 Å². The second-order valence-electron chi connectivity index (χ2n) is 6.92. The van der Waals surface area contributed by atoms with Crippen molar-refractivity contribution in [3.05, 3.63) is 70.3 Å². The summed E-state index contributed by atoms with van der Waals surface area (Å²) in [4.78, 5) is 35.7. The minimum Gasteiger partial charge on any atom is -0.493 e. The molecule has 1 atom stereocenters. The quantitative estimate of drug-likeness (QED) is 0.395. The lowest BCUT2D eigenvalue weighted by molar-refractivity contribution is -0.385. The molecule has 3 aromatic carbocycles. The number of ether oxygens (including phenoxy) is 3. The number of nitro benzene ring substituents is 1. The van der Waals surface area contributed by atoms with Crippen LogP contribution in [-0.2, 0) is 4.79 Å². The first kappa shape index (κ1) is 23.3. The summed E-state index contributed by atoms with van der Waals surface area (Å²) in [5, 5.41) is 13.4. The van der Waals surface area contributed by atoms with E-state index in [4.69, 9.17) is 14.2 Å². The Kier molecular flexibility index (Phi) is 7.29. The second-order valence-corrected chi connectivity index (χ2v) is 6.92. The first-order valence-electron chi connectivity index (χ1n) is 10.1. The van der Waals surface area contributed by atoms with Crippen LogP contribution in [0.1, 0.15) is 24.2 Å². The number of amides is 2. The Bertz CT molecular complexity index is 1200. The van der Waals surface area contributed by atoms with Crippen molar-refractivity contribution in [3.8, 4) is 17.2 Å². The van der Waals surface area contributed by atoms with Gasteiger partial charge in [-0.3, -0.25) is 30.6 Å². The van der Waals surface area contributed by atoms with E-state index < -0.39 is 28.5 Å². The van der Waals surface area contributed by atoms with E-state index in [0.29, 0.717) is 5.75 Å². The summed E-state index contributed by atoms with van der Waals surface area (Å²) in [7, 11) is 1.33. The molecular weight excluding hydrogens is 430 g/mol. The summed E-state index contributed by atoms with van der Waals surface area (Å²) < 4.78 is 16.1. The number of benzene rings is 3. The van der Waals surface area contributed by atoms with Gasteiger partial charge in [0, 0.05) is 6.07 Å². The normalized spacial score (nSPS) is 11.4. The predicted molar refractivity (Wildman–Crippen MR) is 120 cm³/mol. The van der Waals surface area contributed by atoms with Gasteiger partial charge >= 0.3 is 0 Å². The average Bonchev–Trinajstić information content (AvgIpc) is 2.81. The van der Waals surface area contributed by atoms with Crippen molar-refractivity contribution < 1.29 is 28.7 Å². The van der Waals surface area contributed by atoms with Crippen LogP contribution in [0, 0.1) is 10.1 Å². The molecule has 0 aromatic heterocycles. The van der Waals surface area contributed by atoms with Crippen LogP contribution >= 0.6 is 0 Å². The molecule has 0 aliphatic carbocycles. The molecule has 0 aliphatic heterocycles. The Morgan fingerprint density at radius 3 is 2.42 bits per heavy atom. The van der Waals surface area contributed by atoms with Crippen molar-refractivity contribution in [2.24, 2.45) is 0 Å². The molecule has 2 amide bonds. The maximum absolute atomic E-state index is 12.6. The molecule has 0 saturated heterocycles. The highest BCUT2D eigenvalue weighted by Gasteiger charge is 2.25. The van der Waals surface area contributed by atoms with Crippen molar-refractivity contribution in [1.29, 1.82) is 0 Å². The molecule has 0 saturated carbocycles. The number of nitrogens with zero attached hydrogens (tertiary/aromatic N) is 1. The van der Waals surface area contributed by atoms with Crippen LogP contribution in [0.2, 0.25) is 0 Å². The van der Waals surface area contributed by atoms with E-state index in [9.17, 15) is 19.7 Å². The fourth-order valence-electron chi connectivity index (χ4n) is 3.10. The van der Waals surface area contributed by atoms with Gasteiger partial charge in [0.1, 0.15) is 11.3 Å². The Hall–Kier alpha value is -4.34. The molecule has 10 heteroatoms. The van der Waals surface area contributed by atoms with Crippen molar-refractivity contribution >= 4 is 28.3 Å². The number of nitro groups is 1.